The van der Waals surface area contributed by atoms with Gasteiger partial charge in [-0.3, -0.25) is 0 Å². The van der Waals surface area contributed by atoms with Crippen LogP contribution in [0.3, 0.4) is 0 Å². The predicted octanol–water partition coefficient (Wildman–Crippen LogP) is 12.2. The highest BCUT2D eigenvalue weighted by Crippen LogP contribution is 2.59. The minimum atomic E-state index is -0.749. The second kappa shape index (κ2) is 11.3. The number of hydrogen-bond donors (Lipinski definition) is 0. The van der Waals surface area contributed by atoms with E-state index >= 15 is 0 Å². The Kier molecular flexibility index (Phi) is 6.34. The summed E-state index contributed by atoms with van der Waals surface area (Å²) in [5.41, 5.74) is 11.8. The van der Waals surface area contributed by atoms with Crippen LogP contribution in [0.15, 0.2) is 176 Å². The fraction of sp³-hybridized carbons (Fsp3) is 0.0208. The lowest BCUT2D eigenvalue weighted by molar-refractivity contribution is 0.737. The highest BCUT2D eigenvalue weighted by Gasteiger charge is 2.49. The van der Waals surface area contributed by atoms with Crippen molar-refractivity contribution < 1.29 is 0 Å². The van der Waals surface area contributed by atoms with Crippen molar-refractivity contribution in [3.8, 4) is 33.5 Å². The van der Waals surface area contributed by atoms with Crippen LogP contribution in [-0.2, 0) is 5.41 Å². The molecule has 7 aromatic carbocycles. The second-order valence-corrected chi connectivity index (χ2v) is 14.6. The van der Waals surface area contributed by atoms with Crippen LogP contribution < -0.4 is 0 Å². The number of benzene rings is 7. The Balaban J connectivity index is 1.26. The largest absolute Gasteiger partial charge is 0.246 e. The van der Waals surface area contributed by atoms with Gasteiger partial charge in [0.25, 0.3) is 0 Å². The van der Waals surface area contributed by atoms with E-state index in [1.54, 1.807) is 6.20 Å². The van der Waals surface area contributed by atoms with Crippen LogP contribution in [-0.4, -0.2) is 15.0 Å². The molecule has 3 nitrogen and oxygen atoms in total. The van der Waals surface area contributed by atoms with Gasteiger partial charge in [0.05, 0.1) is 16.8 Å². The van der Waals surface area contributed by atoms with E-state index in [0.29, 0.717) is 5.65 Å². The fourth-order valence-corrected chi connectivity index (χ4v) is 9.73. The SMILES string of the molecule is c1ccc(-c2nc3ncccc3nc2C2(c3ccccc3)c3ccccc3-c3c(-c4ccc5sc6ccc7ccccc7c6c5c4)cccc32)cc1. The zero-order valence-electron chi connectivity index (χ0n) is 28.0. The summed E-state index contributed by atoms with van der Waals surface area (Å²) in [6.45, 7) is 0. The van der Waals surface area contributed by atoms with Crippen LogP contribution in [0.1, 0.15) is 22.4 Å². The van der Waals surface area contributed by atoms with Crippen molar-refractivity contribution in [1.82, 2.24) is 15.0 Å². The monoisotopic (exact) mass is 679 g/mol. The van der Waals surface area contributed by atoms with E-state index in [-0.39, 0.29) is 0 Å². The van der Waals surface area contributed by atoms with Gasteiger partial charge in [-0.25, -0.2) is 15.0 Å². The zero-order chi connectivity index (χ0) is 34.2. The van der Waals surface area contributed by atoms with Crippen LogP contribution in [0.5, 0.6) is 0 Å². The molecule has 1 aliphatic carbocycles. The minimum absolute atomic E-state index is 0.636. The summed E-state index contributed by atoms with van der Waals surface area (Å²) >= 11 is 1.87. The number of thiophene rings is 1. The Morgan fingerprint density at radius 2 is 1.25 bits per heavy atom. The molecule has 0 saturated carbocycles. The molecule has 0 N–H and O–H groups in total. The van der Waals surface area contributed by atoms with Gasteiger partial charge in [0, 0.05) is 31.9 Å². The Labute approximate surface area is 304 Å². The van der Waals surface area contributed by atoms with Crippen molar-refractivity contribution in [2.45, 2.75) is 5.41 Å². The van der Waals surface area contributed by atoms with Crippen LogP contribution in [0.2, 0.25) is 0 Å². The van der Waals surface area contributed by atoms with Gasteiger partial charge in [0.1, 0.15) is 5.52 Å². The van der Waals surface area contributed by atoms with Crippen molar-refractivity contribution in [3.63, 3.8) is 0 Å². The summed E-state index contributed by atoms with van der Waals surface area (Å²) in [7, 11) is 0. The molecule has 11 rings (SSSR count). The van der Waals surface area contributed by atoms with Crippen LogP contribution in [0.25, 0.3) is 75.6 Å². The fourth-order valence-electron chi connectivity index (χ4n) is 8.63. The zero-order valence-corrected chi connectivity index (χ0v) is 28.8. The smallest absolute Gasteiger partial charge is 0.178 e. The van der Waals surface area contributed by atoms with Crippen molar-refractivity contribution in [1.29, 1.82) is 0 Å². The van der Waals surface area contributed by atoms with Crippen molar-refractivity contribution >= 4 is 53.4 Å². The van der Waals surface area contributed by atoms with E-state index in [4.69, 9.17) is 9.97 Å². The van der Waals surface area contributed by atoms with Gasteiger partial charge in [0.2, 0.25) is 0 Å². The molecular weight excluding hydrogens is 651 g/mol. The third kappa shape index (κ3) is 4.10. The standard InChI is InChI=1S/C48H29N3S/c1-3-14-31(15-4-1)45-46(50-40-23-12-28-49-47(40)51-45)48(33-16-5-2-6-17-33)38-21-10-9-19-36(38)43-35(20-11-22-39(43)48)32-25-26-41-37(29-32)44-34-18-8-7-13-30(34)24-27-42(44)52-41/h1-29H. The van der Waals surface area contributed by atoms with E-state index in [0.717, 1.165) is 28.0 Å². The molecule has 0 spiro atoms. The van der Waals surface area contributed by atoms with E-state index in [1.807, 2.05) is 29.5 Å². The van der Waals surface area contributed by atoms with Gasteiger partial charge in [-0.05, 0) is 80.0 Å². The molecule has 0 saturated heterocycles. The van der Waals surface area contributed by atoms with Gasteiger partial charge in [-0.1, -0.05) is 140 Å². The minimum Gasteiger partial charge on any atom is -0.246 e. The van der Waals surface area contributed by atoms with Gasteiger partial charge >= 0.3 is 0 Å². The first-order valence-corrected chi connectivity index (χ1v) is 18.4. The average molecular weight is 680 g/mol. The Bertz CT molecular complexity index is 3020. The maximum atomic E-state index is 5.56. The number of nitrogens with zero attached hydrogens (tertiary/aromatic N) is 3. The van der Waals surface area contributed by atoms with Gasteiger partial charge in [-0.2, -0.15) is 0 Å². The lowest BCUT2D eigenvalue weighted by atomic mass is 9.68. The van der Waals surface area contributed by atoms with Crippen molar-refractivity contribution in [2.75, 3.05) is 0 Å². The third-order valence-corrected chi connectivity index (χ3v) is 11.9. The highest BCUT2D eigenvalue weighted by molar-refractivity contribution is 7.26. The maximum Gasteiger partial charge on any atom is 0.178 e. The molecule has 0 fully saturated rings. The Morgan fingerprint density at radius 3 is 2.15 bits per heavy atom. The molecule has 242 valence electrons. The van der Waals surface area contributed by atoms with Gasteiger partial charge in [-0.15, -0.1) is 11.3 Å². The summed E-state index contributed by atoms with van der Waals surface area (Å²) in [5, 5.41) is 5.20. The lowest BCUT2D eigenvalue weighted by Gasteiger charge is -2.34. The van der Waals surface area contributed by atoms with Gasteiger partial charge in [0.15, 0.2) is 5.65 Å². The molecule has 1 unspecified atom stereocenters. The molecule has 0 amide bonds. The number of pyridine rings is 1. The first kappa shape index (κ1) is 29.3. The van der Waals surface area contributed by atoms with E-state index in [1.165, 1.54) is 64.3 Å². The highest BCUT2D eigenvalue weighted by atomic mass is 32.1. The van der Waals surface area contributed by atoms with Crippen LogP contribution in [0, 0.1) is 0 Å². The summed E-state index contributed by atoms with van der Waals surface area (Å²) in [4.78, 5) is 15.5. The molecule has 1 aliphatic rings. The van der Waals surface area contributed by atoms with E-state index in [9.17, 15) is 0 Å². The summed E-state index contributed by atoms with van der Waals surface area (Å²) in [6.07, 6.45) is 1.79. The predicted molar refractivity (Wildman–Crippen MR) is 216 cm³/mol. The quantitative estimate of drug-likeness (QED) is 0.186. The van der Waals surface area contributed by atoms with Crippen LogP contribution in [0.4, 0.5) is 0 Å². The molecule has 1 atom stereocenters. The lowest BCUT2D eigenvalue weighted by Crippen LogP contribution is -2.31. The summed E-state index contributed by atoms with van der Waals surface area (Å²) in [5.74, 6) is 0. The number of fused-ring (bicyclic) bond motifs is 9. The molecule has 0 radical (unpaired) electrons. The normalized spacial score (nSPS) is 15.0. The second-order valence-electron chi connectivity index (χ2n) is 13.5. The molecule has 3 heterocycles. The van der Waals surface area contributed by atoms with E-state index < -0.39 is 5.41 Å². The molecule has 4 heteroatoms. The first-order valence-electron chi connectivity index (χ1n) is 17.6. The van der Waals surface area contributed by atoms with E-state index in [2.05, 4.69) is 157 Å². The molecule has 3 aromatic heterocycles. The maximum absolute atomic E-state index is 5.56. The summed E-state index contributed by atoms with van der Waals surface area (Å²) in [6, 6.07) is 61.3. The molecule has 0 bridgehead atoms. The molecule has 52 heavy (non-hydrogen) atoms. The number of aromatic nitrogens is 3. The Morgan fingerprint density at radius 1 is 0.500 bits per heavy atom. The summed E-state index contributed by atoms with van der Waals surface area (Å²) < 4.78 is 2.62. The van der Waals surface area contributed by atoms with Crippen LogP contribution >= 0.6 is 11.3 Å². The Hall–Kier alpha value is -6.49. The number of rotatable bonds is 4. The molecular formula is C48H29N3S. The molecule has 0 aliphatic heterocycles. The first-order chi connectivity index (χ1) is 25.8. The van der Waals surface area contributed by atoms with Crippen molar-refractivity contribution in [3.05, 3.63) is 198 Å². The average Bonchev–Trinajstić information content (AvgIpc) is 3.75. The van der Waals surface area contributed by atoms with Crippen molar-refractivity contribution in [2.24, 2.45) is 0 Å². The van der Waals surface area contributed by atoms with Gasteiger partial charge < -0.3 is 0 Å². The topological polar surface area (TPSA) is 38.7 Å². The number of hydrogen-bond acceptors (Lipinski definition) is 4. The molecule has 10 aromatic rings. The third-order valence-electron chi connectivity index (χ3n) is 10.8.